The van der Waals surface area contributed by atoms with Gasteiger partial charge in [-0.05, 0) is 48.5 Å². The molecule has 152 valence electrons. The molecule has 2 aromatic heterocycles. The standard InChI is InChI=1S/C22H19ClN4O3/c1-30-18-7-5-15(6-8-18)19-14-20-22(29)26(11-12-27(20)25-19)10-9-24-21(28)16-3-2-4-17(23)13-16/h2-8,11-14H,9-10H2,1H3,(H,24,28). The zero-order valence-electron chi connectivity index (χ0n) is 16.2. The zero-order chi connectivity index (χ0) is 21.1. The molecule has 1 amide bonds. The first-order valence-electron chi connectivity index (χ1n) is 9.32. The Morgan fingerprint density at radius 2 is 1.93 bits per heavy atom. The van der Waals surface area contributed by atoms with Crippen LogP contribution in [0.4, 0.5) is 0 Å². The first-order valence-corrected chi connectivity index (χ1v) is 9.70. The van der Waals surface area contributed by atoms with Crippen molar-refractivity contribution in [3.05, 3.63) is 87.9 Å². The lowest BCUT2D eigenvalue weighted by molar-refractivity contribution is 0.0952. The fraction of sp³-hybridized carbons (Fsp3) is 0.136. The summed E-state index contributed by atoms with van der Waals surface area (Å²) in [5.74, 6) is 0.516. The van der Waals surface area contributed by atoms with Crippen molar-refractivity contribution in [1.82, 2.24) is 19.5 Å². The molecule has 0 atom stereocenters. The molecule has 0 unspecified atom stereocenters. The molecule has 0 aliphatic carbocycles. The minimum Gasteiger partial charge on any atom is -0.497 e. The van der Waals surface area contributed by atoms with Gasteiger partial charge in [0.1, 0.15) is 11.3 Å². The summed E-state index contributed by atoms with van der Waals surface area (Å²) in [7, 11) is 1.61. The number of carbonyl (C=O) groups is 1. The number of fused-ring (bicyclic) bond motifs is 1. The van der Waals surface area contributed by atoms with Crippen LogP contribution in [0.2, 0.25) is 5.02 Å². The lowest BCUT2D eigenvalue weighted by Gasteiger charge is -2.08. The number of benzene rings is 2. The van der Waals surface area contributed by atoms with Crippen LogP contribution < -0.4 is 15.6 Å². The molecule has 0 aliphatic rings. The molecule has 4 aromatic rings. The number of rotatable bonds is 6. The van der Waals surface area contributed by atoms with Crippen molar-refractivity contribution in [3.8, 4) is 17.0 Å². The van der Waals surface area contributed by atoms with Gasteiger partial charge in [0.05, 0.1) is 12.8 Å². The summed E-state index contributed by atoms with van der Waals surface area (Å²) >= 11 is 5.92. The van der Waals surface area contributed by atoms with Crippen LogP contribution in [0.15, 0.2) is 71.8 Å². The Morgan fingerprint density at radius 3 is 2.67 bits per heavy atom. The SMILES string of the molecule is COc1ccc(-c2cc3c(=O)n(CCNC(=O)c4cccc(Cl)c4)ccn3n2)cc1. The molecular weight excluding hydrogens is 404 g/mol. The van der Waals surface area contributed by atoms with E-state index in [0.717, 1.165) is 11.3 Å². The maximum Gasteiger partial charge on any atom is 0.276 e. The fourth-order valence-electron chi connectivity index (χ4n) is 3.13. The number of halogens is 1. The third-order valence-electron chi connectivity index (χ3n) is 4.71. The van der Waals surface area contributed by atoms with E-state index in [2.05, 4.69) is 10.4 Å². The van der Waals surface area contributed by atoms with E-state index < -0.39 is 0 Å². The lowest BCUT2D eigenvalue weighted by Crippen LogP contribution is -2.31. The maximum atomic E-state index is 12.8. The third-order valence-corrected chi connectivity index (χ3v) is 4.95. The van der Waals surface area contributed by atoms with E-state index in [9.17, 15) is 9.59 Å². The largest absolute Gasteiger partial charge is 0.497 e. The Kier molecular flexibility index (Phi) is 5.54. The summed E-state index contributed by atoms with van der Waals surface area (Å²) < 4.78 is 8.28. The monoisotopic (exact) mass is 422 g/mol. The number of nitrogens with zero attached hydrogens (tertiary/aromatic N) is 3. The number of nitrogens with one attached hydrogen (secondary N) is 1. The van der Waals surface area contributed by atoms with E-state index in [1.807, 2.05) is 24.3 Å². The summed E-state index contributed by atoms with van der Waals surface area (Å²) in [6.07, 6.45) is 3.38. The van der Waals surface area contributed by atoms with E-state index in [0.29, 0.717) is 34.9 Å². The molecule has 2 heterocycles. The van der Waals surface area contributed by atoms with Gasteiger partial charge >= 0.3 is 0 Å². The molecule has 0 saturated carbocycles. The van der Waals surface area contributed by atoms with E-state index in [1.165, 1.54) is 0 Å². The van der Waals surface area contributed by atoms with Crippen LogP contribution in [-0.2, 0) is 6.54 Å². The van der Waals surface area contributed by atoms with Crippen molar-refractivity contribution in [2.45, 2.75) is 6.54 Å². The summed E-state index contributed by atoms with van der Waals surface area (Å²) in [5, 5.41) is 7.78. The number of hydrogen-bond acceptors (Lipinski definition) is 4. The highest BCUT2D eigenvalue weighted by molar-refractivity contribution is 6.30. The van der Waals surface area contributed by atoms with Gasteiger partial charge in [0.25, 0.3) is 11.5 Å². The van der Waals surface area contributed by atoms with Crippen LogP contribution in [-0.4, -0.2) is 33.7 Å². The van der Waals surface area contributed by atoms with Gasteiger partial charge in [-0.25, -0.2) is 4.52 Å². The first kappa shape index (κ1) is 19.7. The van der Waals surface area contributed by atoms with Gasteiger partial charge in [0.15, 0.2) is 0 Å². The van der Waals surface area contributed by atoms with Gasteiger partial charge < -0.3 is 14.6 Å². The molecule has 7 nitrogen and oxygen atoms in total. The number of aromatic nitrogens is 3. The normalized spacial score (nSPS) is 10.9. The molecule has 0 bridgehead atoms. The molecule has 0 radical (unpaired) electrons. The van der Waals surface area contributed by atoms with Crippen molar-refractivity contribution in [1.29, 1.82) is 0 Å². The minimum absolute atomic E-state index is 0.179. The summed E-state index contributed by atoms with van der Waals surface area (Å²) in [6.45, 7) is 0.644. The summed E-state index contributed by atoms with van der Waals surface area (Å²) in [4.78, 5) is 25.0. The van der Waals surface area contributed by atoms with Crippen LogP contribution in [0, 0.1) is 0 Å². The van der Waals surface area contributed by atoms with Gasteiger partial charge in [-0.3, -0.25) is 9.59 Å². The van der Waals surface area contributed by atoms with Crippen LogP contribution in [0.1, 0.15) is 10.4 Å². The Morgan fingerprint density at radius 1 is 1.13 bits per heavy atom. The highest BCUT2D eigenvalue weighted by Crippen LogP contribution is 2.21. The molecule has 0 fully saturated rings. The molecule has 0 aliphatic heterocycles. The predicted molar refractivity (Wildman–Crippen MR) is 115 cm³/mol. The zero-order valence-corrected chi connectivity index (χ0v) is 17.0. The van der Waals surface area contributed by atoms with Crippen molar-refractivity contribution in [2.24, 2.45) is 0 Å². The van der Waals surface area contributed by atoms with Gasteiger partial charge in [-0.15, -0.1) is 0 Å². The van der Waals surface area contributed by atoms with Crippen LogP contribution in [0.3, 0.4) is 0 Å². The van der Waals surface area contributed by atoms with Gasteiger partial charge in [-0.2, -0.15) is 5.10 Å². The van der Waals surface area contributed by atoms with E-state index in [4.69, 9.17) is 16.3 Å². The topological polar surface area (TPSA) is 77.6 Å². The number of methoxy groups -OCH3 is 1. The number of amides is 1. The number of hydrogen-bond donors (Lipinski definition) is 1. The first-order chi connectivity index (χ1) is 14.5. The highest BCUT2D eigenvalue weighted by Gasteiger charge is 2.10. The maximum absolute atomic E-state index is 12.8. The summed E-state index contributed by atoms with van der Waals surface area (Å²) in [6, 6.07) is 15.9. The van der Waals surface area contributed by atoms with E-state index in [1.54, 1.807) is 58.9 Å². The van der Waals surface area contributed by atoms with Gasteiger partial charge in [0.2, 0.25) is 0 Å². The van der Waals surface area contributed by atoms with Gasteiger partial charge in [0, 0.05) is 41.6 Å². The summed E-state index contributed by atoms with van der Waals surface area (Å²) in [5.41, 5.74) is 2.34. The van der Waals surface area contributed by atoms with E-state index >= 15 is 0 Å². The molecule has 0 saturated heterocycles. The predicted octanol–water partition coefficient (Wildman–Crippen LogP) is 3.26. The molecular formula is C22H19ClN4O3. The van der Waals surface area contributed by atoms with Crippen LogP contribution in [0.25, 0.3) is 16.8 Å². The number of ether oxygens (including phenoxy) is 1. The fourth-order valence-corrected chi connectivity index (χ4v) is 3.32. The van der Waals surface area contributed by atoms with Crippen molar-refractivity contribution < 1.29 is 9.53 Å². The van der Waals surface area contributed by atoms with Crippen LogP contribution in [0.5, 0.6) is 5.75 Å². The molecule has 0 spiro atoms. The molecule has 30 heavy (non-hydrogen) atoms. The second kappa shape index (κ2) is 8.42. The second-order valence-electron chi connectivity index (χ2n) is 6.65. The Labute approximate surface area is 177 Å². The van der Waals surface area contributed by atoms with Gasteiger partial charge in [-0.1, -0.05) is 17.7 Å². The van der Waals surface area contributed by atoms with Crippen molar-refractivity contribution in [3.63, 3.8) is 0 Å². The smallest absolute Gasteiger partial charge is 0.276 e. The lowest BCUT2D eigenvalue weighted by atomic mass is 10.1. The number of carbonyl (C=O) groups excluding carboxylic acids is 1. The average Bonchev–Trinajstić information content (AvgIpc) is 3.20. The quantitative estimate of drug-likeness (QED) is 0.517. The minimum atomic E-state index is -0.238. The van der Waals surface area contributed by atoms with Crippen LogP contribution >= 0.6 is 11.6 Å². The second-order valence-corrected chi connectivity index (χ2v) is 7.09. The average molecular weight is 423 g/mol. The van der Waals surface area contributed by atoms with Crippen molar-refractivity contribution in [2.75, 3.05) is 13.7 Å². The third kappa shape index (κ3) is 4.06. The highest BCUT2D eigenvalue weighted by atomic mass is 35.5. The Bertz CT molecular complexity index is 1260. The Balaban J connectivity index is 1.49. The molecule has 4 rings (SSSR count). The molecule has 2 aromatic carbocycles. The molecule has 1 N–H and O–H groups in total. The molecule has 8 heteroatoms. The van der Waals surface area contributed by atoms with E-state index in [-0.39, 0.29) is 11.5 Å². The Hall–Kier alpha value is -3.58. The van der Waals surface area contributed by atoms with Crippen molar-refractivity contribution >= 4 is 23.0 Å².